The van der Waals surface area contributed by atoms with Crippen LogP contribution in [-0.2, 0) is 6.42 Å². The van der Waals surface area contributed by atoms with Gasteiger partial charge in [-0.1, -0.05) is 47.6 Å². The largest absolute Gasteiger partial charge is 0.337 e. The van der Waals surface area contributed by atoms with E-state index in [0.717, 1.165) is 6.42 Å². The van der Waals surface area contributed by atoms with E-state index >= 15 is 0 Å². The van der Waals surface area contributed by atoms with Crippen LogP contribution in [0.25, 0.3) is 11.4 Å². The van der Waals surface area contributed by atoms with Crippen molar-refractivity contribution in [1.29, 1.82) is 0 Å². The molecule has 0 amide bonds. The number of anilines is 1. The molecule has 21 heavy (non-hydrogen) atoms. The zero-order valence-electron chi connectivity index (χ0n) is 11.3. The number of rotatable bonds is 5. The molecule has 0 aliphatic carbocycles. The van der Waals surface area contributed by atoms with Gasteiger partial charge in [0.1, 0.15) is 5.82 Å². The van der Waals surface area contributed by atoms with Crippen LogP contribution in [0.15, 0.2) is 59.1 Å². The predicted molar refractivity (Wildman–Crippen MR) is 78.3 cm³/mol. The molecule has 2 aromatic carbocycles. The third kappa shape index (κ3) is 3.25. The first kappa shape index (κ1) is 13.3. The first-order valence-corrected chi connectivity index (χ1v) is 6.69. The van der Waals surface area contributed by atoms with Gasteiger partial charge in [0.25, 0.3) is 0 Å². The lowest BCUT2D eigenvalue weighted by Crippen LogP contribution is -2.04. The summed E-state index contributed by atoms with van der Waals surface area (Å²) in [5, 5.41) is 6.82. The molecular formula is C16H14FN3O. The van der Waals surface area contributed by atoms with Gasteiger partial charge >= 0.3 is 6.01 Å². The summed E-state index contributed by atoms with van der Waals surface area (Å²) in [7, 11) is 0. The summed E-state index contributed by atoms with van der Waals surface area (Å²) in [5.41, 5.74) is 1.55. The standard InChI is InChI=1S/C16H14FN3O/c17-14-9-5-4-8-13(14)15-19-16(21-20-15)18-11-10-12-6-2-1-3-7-12/h1-9H,10-11H2,(H,18,19,20). The number of nitrogens with one attached hydrogen (secondary N) is 1. The van der Waals surface area contributed by atoms with Gasteiger partial charge in [-0.2, -0.15) is 4.98 Å². The summed E-state index contributed by atoms with van der Waals surface area (Å²) in [6.07, 6.45) is 0.845. The second-order valence-corrected chi connectivity index (χ2v) is 4.57. The average Bonchev–Trinajstić information content (AvgIpc) is 2.97. The molecular weight excluding hydrogens is 269 g/mol. The molecule has 1 N–H and O–H groups in total. The fourth-order valence-electron chi connectivity index (χ4n) is 2.01. The van der Waals surface area contributed by atoms with Gasteiger partial charge in [-0.3, -0.25) is 0 Å². The number of nitrogens with zero attached hydrogens (tertiary/aromatic N) is 2. The van der Waals surface area contributed by atoms with Gasteiger partial charge in [-0.05, 0) is 24.1 Å². The van der Waals surface area contributed by atoms with Crippen LogP contribution in [0.2, 0.25) is 0 Å². The minimum absolute atomic E-state index is 0.246. The molecule has 0 saturated carbocycles. The molecule has 0 unspecified atom stereocenters. The minimum Gasteiger partial charge on any atom is -0.337 e. The number of aromatic nitrogens is 2. The Labute approximate surface area is 121 Å². The average molecular weight is 283 g/mol. The Morgan fingerprint density at radius 2 is 1.76 bits per heavy atom. The first-order chi connectivity index (χ1) is 10.3. The van der Waals surface area contributed by atoms with Crippen molar-refractivity contribution in [2.45, 2.75) is 6.42 Å². The van der Waals surface area contributed by atoms with Gasteiger partial charge < -0.3 is 9.84 Å². The van der Waals surface area contributed by atoms with Crippen LogP contribution in [0, 0.1) is 5.82 Å². The van der Waals surface area contributed by atoms with Crippen molar-refractivity contribution in [1.82, 2.24) is 10.1 Å². The van der Waals surface area contributed by atoms with Crippen LogP contribution in [0.3, 0.4) is 0 Å². The van der Waals surface area contributed by atoms with Crippen molar-refractivity contribution in [2.24, 2.45) is 0 Å². The predicted octanol–water partition coefficient (Wildman–Crippen LogP) is 3.53. The molecule has 0 spiro atoms. The molecule has 3 rings (SSSR count). The normalized spacial score (nSPS) is 10.5. The highest BCUT2D eigenvalue weighted by atomic mass is 19.1. The van der Waals surface area contributed by atoms with Crippen LogP contribution in [0.1, 0.15) is 5.56 Å². The van der Waals surface area contributed by atoms with Crippen molar-refractivity contribution < 1.29 is 8.91 Å². The Kier molecular flexibility index (Phi) is 3.91. The van der Waals surface area contributed by atoms with Gasteiger partial charge in [0.05, 0.1) is 5.56 Å². The molecule has 1 heterocycles. The third-order valence-corrected chi connectivity index (χ3v) is 3.07. The van der Waals surface area contributed by atoms with Gasteiger partial charge in [0.15, 0.2) is 0 Å². The van der Waals surface area contributed by atoms with Crippen molar-refractivity contribution in [2.75, 3.05) is 11.9 Å². The zero-order chi connectivity index (χ0) is 14.5. The summed E-state index contributed by atoms with van der Waals surface area (Å²) in [5.74, 6) is -0.121. The highest BCUT2D eigenvalue weighted by molar-refractivity contribution is 5.56. The smallest absolute Gasteiger partial charge is 0.321 e. The van der Waals surface area contributed by atoms with Gasteiger partial charge in [-0.25, -0.2) is 4.39 Å². The van der Waals surface area contributed by atoms with E-state index in [0.29, 0.717) is 18.1 Å². The maximum absolute atomic E-state index is 13.6. The second-order valence-electron chi connectivity index (χ2n) is 4.57. The topological polar surface area (TPSA) is 51.0 Å². The van der Waals surface area contributed by atoms with Crippen molar-refractivity contribution >= 4 is 6.01 Å². The molecule has 1 aromatic heterocycles. The van der Waals surface area contributed by atoms with Crippen LogP contribution in [0.5, 0.6) is 0 Å². The molecule has 3 aromatic rings. The maximum atomic E-state index is 13.6. The van der Waals surface area contributed by atoms with E-state index in [1.54, 1.807) is 18.2 Å². The van der Waals surface area contributed by atoms with Gasteiger partial charge in [0, 0.05) is 6.54 Å². The number of hydrogen-bond donors (Lipinski definition) is 1. The van der Waals surface area contributed by atoms with E-state index in [2.05, 4.69) is 27.6 Å². The van der Waals surface area contributed by atoms with Gasteiger partial charge in [-0.15, -0.1) is 0 Å². The first-order valence-electron chi connectivity index (χ1n) is 6.69. The fraction of sp³-hybridized carbons (Fsp3) is 0.125. The third-order valence-electron chi connectivity index (χ3n) is 3.07. The highest BCUT2D eigenvalue weighted by Crippen LogP contribution is 2.20. The SMILES string of the molecule is Fc1ccccc1-c1noc(NCCc2ccccc2)n1. The Morgan fingerprint density at radius 3 is 2.57 bits per heavy atom. The molecule has 0 saturated heterocycles. The lowest BCUT2D eigenvalue weighted by atomic mass is 10.1. The van der Waals surface area contributed by atoms with E-state index in [1.807, 2.05) is 18.2 Å². The van der Waals surface area contributed by atoms with Crippen LogP contribution in [0.4, 0.5) is 10.4 Å². The van der Waals surface area contributed by atoms with Crippen LogP contribution < -0.4 is 5.32 Å². The molecule has 0 aliphatic heterocycles. The van der Waals surface area contributed by atoms with Gasteiger partial charge in [0.2, 0.25) is 5.82 Å². The number of halogens is 1. The van der Waals surface area contributed by atoms with Crippen molar-refractivity contribution in [3.05, 3.63) is 66.0 Å². The quantitative estimate of drug-likeness (QED) is 0.778. The summed E-state index contributed by atoms with van der Waals surface area (Å²) in [4.78, 5) is 4.14. The summed E-state index contributed by atoms with van der Waals surface area (Å²) in [6, 6.07) is 16.7. The summed E-state index contributed by atoms with van der Waals surface area (Å²) >= 11 is 0. The lowest BCUT2D eigenvalue weighted by molar-refractivity contribution is 0.431. The molecule has 0 fully saturated rings. The Bertz CT molecular complexity index is 712. The molecule has 5 heteroatoms. The Balaban J connectivity index is 1.62. The van der Waals surface area contributed by atoms with Crippen molar-refractivity contribution in [3.63, 3.8) is 0 Å². The molecule has 4 nitrogen and oxygen atoms in total. The Hall–Kier alpha value is -2.69. The molecule has 106 valence electrons. The second kappa shape index (κ2) is 6.17. The lowest BCUT2D eigenvalue weighted by Gasteiger charge is -2.00. The summed E-state index contributed by atoms with van der Waals surface area (Å²) in [6.45, 7) is 0.670. The number of hydrogen-bond acceptors (Lipinski definition) is 4. The van der Waals surface area contributed by atoms with E-state index in [-0.39, 0.29) is 11.6 Å². The Morgan fingerprint density at radius 1 is 1.00 bits per heavy atom. The van der Waals surface area contributed by atoms with E-state index in [9.17, 15) is 4.39 Å². The minimum atomic E-state index is -0.367. The molecule has 0 aliphatic rings. The van der Waals surface area contributed by atoms with E-state index in [4.69, 9.17) is 4.52 Å². The maximum Gasteiger partial charge on any atom is 0.321 e. The molecule has 0 radical (unpaired) electrons. The molecule has 0 bridgehead atoms. The van der Waals surface area contributed by atoms with Crippen molar-refractivity contribution in [3.8, 4) is 11.4 Å². The van der Waals surface area contributed by atoms with E-state index in [1.165, 1.54) is 11.6 Å². The fourth-order valence-corrected chi connectivity index (χ4v) is 2.01. The van der Waals surface area contributed by atoms with E-state index < -0.39 is 0 Å². The highest BCUT2D eigenvalue weighted by Gasteiger charge is 2.11. The van der Waals surface area contributed by atoms with Crippen LogP contribution in [-0.4, -0.2) is 16.7 Å². The van der Waals surface area contributed by atoms with Crippen LogP contribution >= 0.6 is 0 Å². The molecule has 0 atom stereocenters. The monoisotopic (exact) mass is 283 g/mol. The summed E-state index contributed by atoms with van der Waals surface area (Å²) < 4.78 is 18.7. The zero-order valence-corrected chi connectivity index (χ0v) is 11.3. The number of benzene rings is 2.